The molecule has 0 aromatic heterocycles. The summed E-state index contributed by atoms with van der Waals surface area (Å²) in [6.45, 7) is 16.0. The van der Waals surface area contributed by atoms with Gasteiger partial charge in [-0.1, -0.05) is 42.5 Å². The van der Waals surface area contributed by atoms with Gasteiger partial charge in [0.05, 0.1) is 6.61 Å². The second-order valence-electron chi connectivity index (χ2n) is 5.80. The summed E-state index contributed by atoms with van der Waals surface area (Å²) in [6.07, 6.45) is 3.76. The van der Waals surface area contributed by atoms with Gasteiger partial charge < -0.3 is 9.84 Å². The number of hydrogen-bond acceptors (Lipinski definition) is 2. The van der Waals surface area contributed by atoms with Crippen LogP contribution in [0.4, 0.5) is 0 Å². The Balaban J connectivity index is 2.83. The van der Waals surface area contributed by atoms with Crippen molar-refractivity contribution in [2.75, 3.05) is 6.61 Å². The molecule has 3 unspecified atom stereocenters. The zero-order chi connectivity index (χ0) is 14.6. The summed E-state index contributed by atoms with van der Waals surface area (Å²) in [5, 5.41) is 12.0. The molecule has 2 rings (SSSR count). The first-order valence-corrected chi connectivity index (χ1v) is 6.79. The summed E-state index contributed by atoms with van der Waals surface area (Å²) in [4.78, 5) is 0. The van der Waals surface area contributed by atoms with Gasteiger partial charge in [-0.2, -0.15) is 0 Å². The molecule has 19 heavy (non-hydrogen) atoms. The van der Waals surface area contributed by atoms with E-state index in [9.17, 15) is 5.11 Å². The second kappa shape index (κ2) is 4.08. The zero-order valence-corrected chi connectivity index (χ0v) is 12.8. The maximum absolute atomic E-state index is 11.5. The SMILES string of the molecule is C=C(C)C1(C)C=C(Cl)C(=C)C2(C)OC/C(=C\C)C12O. The smallest absolute Gasteiger partial charge is 0.133 e. The topological polar surface area (TPSA) is 29.5 Å². The van der Waals surface area contributed by atoms with E-state index in [1.54, 1.807) is 0 Å². The van der Waals surface area contributed by atoms with Crippen LogP contribution in [-0.4, -0.2) is 22.9 Å². The molecule has 2 nitrogen and oxygen atoms in total. The second-order valence-corrected chi connectivity index (χ2v) is 6.21. The predicted octanol–water partition coefficient (Wildman–Crippen LogP) is 3.73. The molecule has 1 heterocycles. The van der Waals surface area contributed by atoms with E-state index in [0.717, 1.165) is 11.1 Å². The summed E-state index contributed by atoms with van der Waals surface area (Å²) in [7, 11) is 0. The van der Waals surface area contributed by atoms with E-state index in [-0.39, 0.29) is 0 Å². The van der Waals surface area contributed by atoms with Crippen molar-refractivity contribution in [1.82, 2.24) is 0 Å². The summed E-state index contributed by atoms with van der Waals surface area (Å²) < 4.78 is 5.89. The average molecular weight is 281 g/mol. The van der Waals surface area contributed by atoms with Crippen LogP contribution in [0.5, 0.6) is 0 Å². The molecule has 2 aliphatic rings. The number of aliphatic hydroxyl groups is 1. The highest BCUT2D eigenvalue weighted by Gasteiger charge is 2.67. The maximum atomic E-state index is 11.5. The van der Waals surface area contributed by atoms with Crippen LogP contribution in [0, 0.1) is 5.41 Å². The summed E-state index contributed by atoms with van der Waals surface area (Å²) in [5.41, 5.74) is -0.492. The van der Waals surface area contributed by atoms with Crippen molar-refractivity contribution >= 4 is 11.6 Å². The predicted molar refractivity (Wildman–Crippen MR) is 79.1 cm³/mol. The van der Waals surface area contributed by atoms with E-state index < -0.39 is 16.6 Å². The average Bonchev–Trinajstić information content (AvgIpc) is 2.62. The molecule has 0 saturated carbocycles. The largest absolute Gasteiger partial charge is 0.381 e. The standard InChI is InChI=1S/C16H21ClO2/c1-7-12-9-19-15(6)11(4)13(17)8-14(5,10(2)3)16(12,15)18/h7-8,18H,2,4,9H2,1,3,5-6H3/b12-7+. The van der Waals surface area contributed by atoms with E-state index in [1.807, 2.05) is 39.8 Å². The Morgan fingerprint density at radius 2 is 2.11 bits per heavy atom. The van der Waals surface area contributed by atoms with E-state index in [4.69, 9.17) is 16.3 Å². The molecule has 3 atom stereocenters. The number of rotatable bonds is 1. The lowest BCUT2D eigenvalue weighted by Crippen LogP contribution is -2.62. The Labute approximate surface area is 120 Å². The van der Waals surface area contributed by atoms with Crippen molar-refractivity contribution in [1.29, 1.82) is 0 Å². The Bertz CT molecular complexity index is 531. The van der Waals surface area contributed by atoms with Crippen LogP contribution in [0.15, 0.2) is 47.1 Å². The van der Waals surface area contributed by atoms with Crippen LogP contribution in [0.25, 0.3) is 0 Å². The molecule has 1 aliphatic heterocycles. The molecule has 1 aliphatic carbocycles. The number of ether oxygens (including phenoxy) is 1. The van der Waals surface area contributed by atoms with Crippen LogP contribution in [-0.2, 0) is 4.74 Å². The molecule has 104 valence electrons. The highest BCUT2D eigenvalue weighted by atomic mass is 35.5. The quantitative estimate of drug-likeness (QED) is 0.742. The minimum absolute atomic E-state index is 0.378. The normalized spacial score (nSPS) is 44.2. The Kier molecular flexibility index (Phi) is 3.13. The van der Waals surface area contributed by atoms with Crippen molar-refractivity contribution in [3.63, 3.8) is 0 Å². The van der Waals surface area contributed by atoms with Crippen LogP contribution in [0.3, 0.4) is 0 Å². The van der Waals surface area contributed by atoms with E-state index in [2.05, 4.69) is 13.2 Å². The Hall–Kier alpha value is -0.830. The van der Waals surface area contributed by atoms with Gasteiger partial charge in [-0.15, -0.1) is 0 Å². The summed E-state index contributed by atoms with van der Waals surface area (Å²) in [6, 6.07) is 0. The number of halogens is 1. The van der Waals surface area contributed by atoms with Crippen molar-refractivity contribution in [3.8, 4) is 0 Å². The van der Waals surface area contributed by atoms with Crippen molar-refractivity contribution in [3.05, 3.63) is 47.1 Å². The zero-order valence-electron chi connectivity index (χ0n) is 12.0. The fraction of sp³-hybridized carbons (Fsp3) is 0.500. The minimum Gasteiger partial charge on any atom is -0.381 e. The van der Waals surface area contributed by atoms with Crippen LogP contribution < -0.4 is 0 Å². The van der Waals surface area contributed by atoms with E-state index in [1.165, 1.54) is 0 Å². The fourth-order valence-electron chi connectivity index (χ4n) is 3.27. The van der Waals surface area contributed by atoms with Gasteiger partial charge in [-0.3, -0.25) is 0 Å². The molecule has 1 saturated heterocycles. The fourth-order valence-corrected chi connectivity index (χ4v) is 3.67. The lowest BCUT2D eigenvalue weighted by Gasteiger charge is -2.53. The summed E-state index contributed by atoms with van der Waals surface area (Å²) >= 11 is 6.31. The van der Waals surface area contributed by atoms with Gasteiger partial charge in [0.25, 0.3) is 0 Å². The Morgan fingerprint density at radius 3 is 2.58 bits per heavy atom. The van der Waals surface area contributed by atoms with E-state index in [0.29, 0.717) is 17.2 Å². The number of allylic oxidation sites excluding steroid dienone is 1. The highest BCUT2D eigenvalue weighted by molar-refractivity contribution is 6.32. The van der Waals surface area contributed by atoms with Crippen molar-refractivity contribution in [2.45, 2.75) is 38.9 Å². The minimum atomic E-state index is -1.20. The van der Waals surface area contributed by atoms with Gasteiger partial charge in [0, 0.05) is 10.4 Å². The third-order valence-electron chi connectivity index (χ3n) is 4.94. The molecule has 0 aromatic rings. The number of hydrogen-bond donors (Lipinski definition) is 1. The molecule has 0 radical (unpaired) electrons. The molecule has 0 spiro atoms. The first-order chi connectivity index (χ1) is 8.65. The van der Waals surface area contributed by atoms with Crippen molar-refractivity contribution < 1.29 is 9.84 Å². The Morgan fingerprint density at radius 1 is 1.53 bits per heavy atom. The monoisotopic (exact) mass is 280 g/mol. The third kappa shape index (κ3) is 1.45. The molecule has 0 bridgehead atoms. The molecular weight excluding hydrogens is 260 g/mol. The first kappa shape index (κ1) is 14.6. The lowest BCUT2D eigenvalue weighted by molar-refractivity contribution is -0.120. The van der Waals surface area contributed by atoms with Crippen LogP contribution >= 0.6 is 11.6 Å². The molecule has 3 heteroatoms. The highest BCUT2D eigenvalue weighted by Crippen LogP contribution is 2.61. The first-order valence-electron chi connectivity index (χ1n) is 6.41. The maximum Gasteiger partial charge on any atom is 0.133 e. The molecule has 1 N–H and O–H groups in total. The van der Waals surface area contributed by atoms with Crippen LogP contribution in [0.2, 0.25) is 0 Å². The van der Waals surface area contributed by atoms with Gasteiger partial charge in [0.2, 0.25) is 0 Å². The molecule has 0 amide bonds. The van der Waals surface area contributed by atoms with E-state index >= 15 is 0 Å². The summed E-state index contributed by atoms with van der Waals surface area (Å²) in [5.74, 6) is 0. The third-order valence-corrected chi connectivity index (χ3v) is 5.27. The van der Waals surface area contributed by atoms with Gasteiger partial charge in [-0.25, -0.2) is 0 Å². The number of fused-ring (bicyclic) bond motifs is 1. The van der Waals surface area contributed by atoms with Crippen molar-refractivity contribution in [2.24, 2.45) is 5.41 Å². The molecule has 0 aromatic carbocycles. The molecule has 1 fully saturated rings. The lowest BCUT2D eigenvalue weighted by atomic mass is 9.55. The van der Waals surface area contributed by atoms with Gasteiger partial charge in [0.15, 0.2) is 0 Å². The van der Waals surface area contributed by atoms with Gasteiger partial charge in [0.1, 0.15) is 11.2 Å². The molecular formula is C16H21ClO2. The van der Waals surface area contributed by atoms with Gasteiger partial charge in [-0.05, 0) is 38.8 Å². The van der Waals surface area contributed by atoms with Gasteiger partial charge >= 0.3 is 0 Å². The van der Waals surface area contributed by atoms with Crippen LogP contribution in [0.1, 0.15) is 27.7 Å².